The van der Waals surface area contributed by atoms with Crippen LogP contribution in [-0.2, 0) is 21.1 Å². The van der Waals surface area contributed by atoms with Gasteiger partial charge in [0.15, 0.2) is 6.20 Å². The normalized spacial score (nSPS) is 11.3. The van der Waals surface area contributed by atoms with Crippen LogP contribution in [0, 0.1) is 6.92 Å². The first-order valence-electron chi connectivity index (χ1n) is 8.01. The minimum absolute atomic E-state index is 0.941. The van der Waals surface area contributed by atoms with E-state index in [4.69, 9.17) is 0 Å². The minimum atomic E-state index is 0.941. The molecule has 0 aromatic carbocycles. The van der Waals surface area contributed by atoms with Crippen LogP contribution < -0.4 is 9.13 Å². The minimum Gasteiger partial charge on any atom is -0.308 e. The summed E-state index contributed by atoms with van der Waals surface area (Å²) in [5, 5.41) is 0. The average Bonchev–Trinajstić information content (AvgIpc) is 3.12. The fraction of sp³-hybridized carbons (Fsp3) is 0.211. The van der Waals surface area contributed by atoms with Crippen LogP contribution in [0.15, 0.2) is 55.1 Å². The average molecular weight is 319 g/mol. The molecule has 5 heteroatoms. The van der Waals surface area contributed by atoms with Gasteiger partial charge >= 0.3 is 0 Å². The first kappa shape index (κ1) is 14.6. The molecular formula is C19H21N5+2. The predicted molar refractivity (Wildman–Crippen MR) is 92.1 cm³/mol. The Morgan fingerprint density at radius 3 is 2.54 bits per heavy atom. The molecule has 0 aliphatic carbocycles. The maximum Gasteiger partial charge on any atom is 0.277 e. The summed E-state index contributed by atoms with van der Waals surface area (Å²) in [6, 6.07) is 10.7. The van der Waals surface area contributed by atoms with Crippen LogP contribution in [0.25, 0.3) is 28.6 Å². The monoisotopic (exact) mass is 319 g/mol. The Hall–Kier alpha value is -2.95. The molecule has 0 saturated carbocycles. The lowest BCUT2D eigenvalue weighted by Gasteiger charge is -2.05. The van der Waals surface area contributed by atoms with Crippen molar-refractivity contribution >= 4 is 5.78 Å². The third kappa shape index (κ3) is 2.12. The molecule has 24 heavy (non-hydrogen) atoms. The number of imidazole rings is 2. The maximum atomic E-state index is 4.41. The number of aromatic nitrogens is 5. The third-order valence-electron chi connectivity index (χ3n) is 4.61. The molecule has 0 bridgehead atoms. The Labute approximate surface area is 141 Å². The molecule has 0 radical (unpaired) electrons. The van der Waals surface area contributed by atoms with Crippen molar-refractivity contribution in [2.24, 2.45) is 21.1 Å². The highest BCUT2D eigenvalue weighted by molar-refractivity contribution is 5.58. The van der Waals surface area contributed by atoms with Crippen molar-refractivity contribution in [1.29, 1.82) is 0 Å². The fourth-order valence-corrected chi connectivity index (χ4v) is 3.34. The Morgan fingerprint density at radius 1 is 1.00 bits per heavy atom. The highest BCUT2D eigenvalue weighted by atomic mass is 15.2. The summed E-state index contributed by atoms with van der Waals surface area (Å²) in [6.45, 7) is 2.11. The molecule has 4 aromatic rings. The van der Waals surface area contributed by atoms with E-state index < -0.39 is 0 Å². The number of rotatable bonds is 2. The number of pyridine rings is 2. The number of hydrogen-bond donors (Lipinski definition) is 0. The van der Waals surface area contributed by atoms with Crippen molar-refractivity contribution in [3.05, 3.63) is 60.7 Å². The van der Waals surface area contributed by atoms with E-state index in [1.165, 1.54) is 17.0 Å². The summed E-state index contributed by atoms with van der Waals surface area (Å²) < 4.78 is 8.58. The van der Waals surface area contributed by atoms with Crippen molar-refractivity contribution in [2.45, 2.75) is 6.92 Å². The van der Waals surface area contributed by atoms with Crippen LogP contribution in [-0.4, -0.2) is 14.0 Å². The summed E-state index contributed by atoms with van der Waals surface area (Å²) >= 11 is 0. The summed E-state index contributed by atoms with van der Waals surface area (Å²) in [4.78, 5) is 4.41. The van der Waals surface area contributed by atoms with Crippen LogP contribution in [0.2, 0.25) is 0 Å². The molecule has 0 amide bonds. The van der Waals surface area contributed by atoms with Gasteiger partial charge < -0.3 is 4.57 Å². The van der Waals surface area contributed by atoms with Gasteiger partial charge in [0.25, 0.3) is 11.4 Å². The van der Waals surface area contributed by atoms with Crippen molar-refractivity contribution in [3.63, 3.8) is 0 Å². The molecule has 4 rings (SSSR count). The van der Waals surface area contributed by atoms with Gasteiger partial charge in [-0.3, -0.25) is 4.40 Å². The lowest BCUT2D eigenvalue weighted by Crippen LogP contribution is -2.40. The predicted octanol–water partition coefficient (Wildman–Crippen LogP) is 1.96. The smallest absolute Gasteiger partial charge is 0.277 e. The van der Waals surface area contributed by atoms with Gasteiger partial charge in [0.1, 0.15) is 19.8 Å². The second-order valence-electron chi connectivity index (χ2n) is 6.27. The van der Waals surface area contributed by atoms with E-state index in [-0.39, 0.29) is 0 Å². The zero-order valence-corrected chi connectivity index (χ0v) is 14.4. The van der Waals surface area contributed by atoms with Crippen molar-refractivity contribution < 1.29 is 9.13 Å². The molecule has 0 aliphatic heterocycles. The number of fused-ring (bicyclic) bond motifs is 1. The highest BCUT2D eigenvalue weighted by Crippen LogP contribution is 2.21. The molecule has 5 nitrogen and oxygen atoms in total. The van der Waals surface area contributed by atoms with Crippen LogP contribution >= 0.6 is 0 Å². The number of nitrogens with zero attached hydrogens (tertiary/aromatic N) is 5. The molecular weight excluding hydrogens is 298 g/mol. The van der Waals surface area contributed by atoms with Gasteiger partial charge in [-0.1, -0.05) is 0 Å². The summed E-state index contributed by atoms with van der Waals surface area (Å²) in [5.41, 5.74) is 5.90. The first-order valence-corrected chi connectivity index (χ1v) is 8.01. The van der Waals surface area contributed by atoms with Gasteiger partial charge in [-0.05, 0) is 19.1 Å². The Bertz CT molecular complexity index is 1050. The van der Waals surface area contributed by atoms with Crippen LogP contribution in [0.1, 0.15) is 5.56 Å². The standard InChI is InChI=1S/C19H21N5/c1-14-8-9-15(21(2)12-14)16-6-5-7-17(22(16)3)18-13-24-11-10-20-19(24)23(18)4/h5-13H,1-4H3/q+2. The zero-order valence-electron chi connectivity index (χ0n) is 14.4. The molecule has 0 fully saturated rings. The van der Waals surface area contributed by atoms with Gasteiger partial charge in [0, 0.05) is 49.4 Å². The van der Waals surface area contributed by atoms with E-state index in [1.54, 1.807) is 0 Å². The van der Waals surface area contributed by atoms with Crippen LogP contribution in [0.3, 0.4) is 0 Å². The Balaban J connectivity index is 1.92. The summed E-state index contributed by atoms with van der Waals surface area (Å²) in [6.07, 6.45) is 8.07. The van der Waals surface area contributed by atoms with E-state index in [1.807, 2.05) is 16.8 Å². The van der Waals surface area contributed by atoms with Crippen molar-refractivity contribution in [3.8, 4) is 22.8 Å². The Kier molecular flexibility index (Phi) is 3.23. The Morgan fingerprint density at radius 2 is 1.79 bits per heavy atom. The third-order valence-corrected chi connectivity index (χ3v) is 4.61. The molecule has 0 saturated heterocycles. The molecule has 0 N–H and O–H groups in total. The molecule has 120 valence electrons. The largest absolute Gasteiger partial charge is 0.308 e. The molecule has 4 aromatic heterocycles. The second-order valence-corrected chi connectivity index (χ2v) is 6.27. The maximum absolute atomic E-state index is 4.41. The van der Waals surface area contributed by atoms with Gasteiger partial charge in [0.05, 0.1) is 0 Å². The molecule has 0 atom stereocenters. The quantitative estimate of drug-likeness (QED) is 0.520. The van der Waals surface area contributed by atoms with Crippen LogP contribution in [0.5, 0.6) is 0 Å². The molecule has 0 aliphatic rings. The van der Waals surface area contributed by atoms with Gasteiger partial charge in [-0.2, -0.15) is 9.13 Å². The van der Waals surface area contributed by atoms with E-state index in [9.17, 15) is 0 Å². The van der Waals surface area contributed by atoms with E-state index in [0.717, 1.165) is 17.2 Å². The SMILES string of the molecule is Cc1ccc(-c2cccc(-c3cn4ccnc4n3C)[n+]2C)[n+](C)c1. The number of hydrogen-bond acceptors (Lipinski definition) is 1. The van der Waals surface area contributed by atoms with Gasteiger partial charge in [0.2, 0.25) is 11.5 Å². The zero-order chi connectivity index (χ0) is 16.8. The summed E-state index contributed by atoms with van der Waals surface area (Å²) in [5.74, 6) is 0.941. The van der Waals surface area contributed by atoms with Crippen LogP contribution in [0.4, 0.5) is 0 Å². The topological polar surface area (TPSA) is 30.0 Å². The first-order chi connectivity index (χ1) is 11.6. The fourth-order valence-electron chi connectivity index (χ4n) is 3.34. The lowest BCUT2D eigenvalue weighted by molar-refractivity contribution is -0.685. The molecule has 0 unspecified atom stereocenters. The molecule has 4 heterocycles. The van der Waals surface area contributed by atoms with E-state index >= 15 is 0 Å². The van der Waals surface area contributed by atoms with Gasteiger partial charge in [-0.15, -0.1) is 0 Å². The van der Waals surface area contributed by atoms with Crippen molar-refractivity contribution in [1.82, 2.24) is 14.0 Å². The molecule has 0 spiro atoms. The van der Waals surface area contributed by atoms with E-state index in [0.29, 0.717) is 0 Å². The number of aryl methyl sites for hydroxylation is 3. The van der Waals surface area contributed by atoms with Crippen molar-refractivity contribution in [2.75, 3.05) is 0 Å². The van der Waals surface area contributed by atoms with Gasteiger partial charge in [-0.25, -0.2) is 4.98 Å². The lowest BCUT2D eigenvalue weighted by atomic mass is 10.1. The summed E-state index contributed by atoms with van der Waals surface area (Å²) in [7, 11) is 6.25. The highest BCUT2D eigenvalue weighted by Gasteiger charge is 2.24. The second kappa shape index (κ2) is 5.30. The van der Waals surface area contributed by atoms with E-state index in [2.05, 4.69) is 89.5 Å².